The van der Waals surface area contributed by atoms with Crippen molar-refractivity contribution in [3.8, 4) is 5.75 Å². The molecule has 1 heterocycles. The van der Waals surface area contributed by atoms with Gasteiger partial charge in [0.25, 0.3) is 5.91 Å². The molecule has 0 bridgehead atoms. The van der Waals surface area contributed by atoms with Crippen LogP contribution in [0.1, 0.15) is 18.4 Å². The van der Waals surface area contributed by atoms with Crippen molar-refractivity contribution < 1.29 is 14.3 Å². The first-order valence-corrected chi connectivity index (χ1v) is 6.62. The molecule has 0 radical (unpaired) electrons. The van der Waals surface area contributed by atoms with Gasteiger partial charge in [0.2, 0.25) is 5.91 Å². The van der Waals surface area contributed by atoms with Crippen LogP contribution in [-0.4, -0.2) is 35.9 Å². The van der Waals surface area contributed by atoms with E-state index < -0.39 is 11.9 Å². The highest BCUT2D eigenvalue weighted by Crippen LogP contribution is 2.18. The number of nitrogens with zero attached hydrogens (tertiary/aromatic N) is 1. The average Bonchev–Trinajstić information content (AvgIpc) is 2.95. The summed E-state index contributed by atoms with van der Waals surface area (Å²) in [7, 11) is 0. The molecule has 4 N–H and O–H groups in total. The number of benzene rings is 1. The maximum absolute atomic E-state index is 12.0. The van der Waals surface area contributed by atoms with E-state index in [4.69, 9.17) is 16.2 Å². The second-order valence-corrected chi connectivity index (χ2v) is 4.78. The zero-order valence-electron chi connectivity index (χ0n) is 11.2. The number of nitrogens with two attached hydrogens (primary N) is 2. The number of primary amides is 1. The van der Waals surface area contributed by atoms with Crippen molar-refractivity contribution in [2.24, 2.45) is 11.5 Å². The van der Waals surface area contributed by atoms with Gasteiger partial charge in [-0.2, -0.15) is 0 Å². The Hall–Kier alpha value is -2.08. The molecule has 1 aromatic rings. The van der Waals surface area contributed by atoms with Gasteiger partial charge in [0.15, 0.2) is 6.61 Å². The first-order valence-electron chi connectivity index (χ1n) is 6.62. The molecule has 108 valence electrons. The fraction of sp³-hybridized carbons (Fsp3) is 0.429. The van der Waals surface area contributed by atoms with Gasteiger partial charge in [-0.3, -0.25) is 9.59 Å². The van der Waals surface area contributed by atoms with Crippen LogP contribution < -0.4 is 16.2 Å². The molecular formula is C14H19N3O3. The van der Waals surface area contributed by atoms with Crippen LogP contribution in [0.5, 0.6) is 5.75 Å². The first-order chi connectivity index (χ1) is 9.61. The van der Waals surface area contributed by atoms with E-state index in [-0.39, 0.29) is 12.5 Å². The van der Waals surface area contributed by atoms with E-state index in [1.807, 2.05) is 12.1 Å². The van der Waals surface area contributed by atoms with Crippen LogP contribution in [0.2, 0.25) is 0 Å². The lowest BCUT2D eigenvalue weighted by atomic mass is 10.2. The minimum Gasteiger partial charge on any atom is -0.484 e. The Bertz CT molecular complexity index is 487. The van der Waals surface area contributed by atoms with Gasteiger partial charge >= 0.3 is 0 Å². The number of carbonyl (C=O) groups is 2. The summed E-state index contributed by atoms with van der Waals surface area (Å²) in [5.74, 6) is -0.0669. The lowest BCUT2D eigenvalue weighted by Crippen LogP contribution is -2.45. The highest BCUT2D eigenvalue weighted by atomic mass is 16.5. The Morgan fingerprint density at radius 2 is 2.00 bits per heavy atom. The van der Waals surface area contributed by atoms with Gasteiger partial charge in [-0.05, 0) is 30.5 Å². The average molecular weight is 277 g/mol. The van der Waals surface area contributed by atoms with E-state index in [1.165, 1.54) is 4.90 Å². The Morgan fingerprint density at radius 1 is 1.30 bits per heavy atom. The Labute approximate surface area is 117 Å². The second-order valence-electron chi connectivity index (χ2n) is 4.78. The zero-order valence-corrected chi connectivity index (χ0v) is 11.2. The zero-order chi connectivity index (χ0) is 14.5. The summed E-state index contributed by atoms with van der Waals surface area (Å²) in [6.07, 6.45) is 1.43. The van der Waals surface area contributed by atoms with Crippen molar-refractivity contribution in [3.63, 3.8) is 0 Å². The van der Waals surface area contributed by atoms with Crippen LogP contribution in [0, 0.1) is 0 Å². The van der Waals surface area contributed by atoms with Crippen LogP contribution in [-0.2, 0) is 16.1 Å². The third-order valence-corrected chi connectivity index (χ3v) is 3.42. The molecule has 0 spiro atoms. The van der Waals surface area contributed by atoms with Crippen molar-refractivity contribution in [2.75, 3.05) is 13.2 Å². The minimum atomic E-state index is -0.495. The third kappa shape index (κ3) is 3.27. The number of hydrogen-bond donors (Lipinski definition) is 2. The summed E-state index contributed by atoms with van der Waals surface area (Å²) in [4.78, 5) is 24.8. The molecule has 2 rings (SSSR count). The standard InChI is InChI=1S/C14H19N3O3/c15-8-10-3-5-11(6-4-10)20-9-13(18)17-7-1-2-12(17)14(16)19/h3-6,12H,1-2,7-9,15H2,(H2,16,19). The molecule has 0 saturated carbocycles. The molecule has 20 heavy (non-hydrogen) atoms. The summed E-state index contributed by atoms with van der Waals surface area (Å²) in [5.41, 5.74) is 11.8. The Morgan fingerprint density at radius 3 is 2.60 bits per heavy atom. The third-order valence-electron chi connectivity index (χ3n) is 3.42. The molecular weight excluding hydrogens is 258 g/mol. The van der Waals surface area contributed by atoms with Gasteiger partial charge in [0.05, 0.1) is 0 Å². The molecule has 1 aliphatic rings. The number of ether oxygens (including phenoxy) is 1. The van der Waals surface area contributed by atoms with Gasteiger partial charge in [-0.1, -0.05) is 12.1 Å². The number of likely N-dealkylation sites (tertiary alicyclic amines) is 1. The molecule has 1 aliphatic heterocycles. The summed E-state index contributed by atoms with van der Waals surface area (Å²) in [6.45, 7) is 0.931. The monoisotopic (exact) mass is 277 g/mol. The summed E-state index contributed by atoms with van der Waals surface area (Å²) >= 11 is 0. The quantitative estimate of drug-likeness (QED) is 0.791. The first kappa shape index (κ1) is 14.3. The van der Waals surface area contributed by atoms with Crippen molar-refractivity contribution in [1.82, 2.24) is 4.90 Å². The second kappa shape index (κ2) is 6.38. The highest BCUT2D eigenvalue weighted by molar-refractivity contribution is 5.87. The minimum absolute atomic E-state index is 0.0915. The normalized spacial score (nSPS) is 18.1. The van der Waals surface area contributed by atoms with Crippen molar-refractivity contribution in [3.05, 3.63) is 29.8 Å². The van der Waals surface area contributed by atoms with E-state index in [1.54, 1.807) is 12.1 Å². The predicted molar refractivity (Wildman–Crippen MR) is 73.8 cm³/mol. The van der Waals surface area contributed by atoms with Crippen LogP contribution in [0.15, 0.2) is 24.3 Å². The summed E-state index contributed by atoms with van der Waals surface area (Å²) < 4.78 is 5.42. The molecule has 1 fully saturated rings. The lowest BCUT2D eigenvalue weighted by molar-refractivity contribution is -0.138. The molecule has 6 nitrogen and oxygen atoms in total. The van der Waals surface area contributed by atoms with Crippen molar-refractivity contribution in [1.29, 1.82) is 0 Å². The van der Waals surface area contributed by atoms with E-state index in [9.17, 15) is 9.59 Å². The van der Waals surface area contributed by atoms with Crippen LogP contribution in [0.25, 0.3) is 0 Å². The van der Waals surface area contributed by atoms with Crippen LogP contribution in [0.3, 0.4) is 0 Å². The molecule has 1 atom stereocenters. The van der Waals surface area contributed by atoms with Crippen LogP contribution in [0.4, 0.5) is 0 Å². The predicted octanol–water partition coefficient (Wildman–Crippen LogP) is 0.000400. The molecule has 0 aliphatic carbocycles. The number of carbonyl (C=O) groups excluding carboxylic acids is 2. The van der Waals surface area contributed by atoms with Crippen LogP contribution >= 0.6 is 0 Å². The maximum Gasteiger partial charge on any atom is 0.261 e. The van der Waals surface area contributed by atoms with E-state index in [0.29, 0.717) is 25.3 Å². The smallest absolute Gasteiger partial charge is 0.261 e. The molecule has 2 amide bonds. The molecule has 1 saturated heterocycles. The summed E-state index contributed by atoms with van der Waals surface area (Å²) in [6, 6.07) is 6.74. The Kier molecular flexibility index (Phi) is 4.57. The van der Waals surface area contributed by atoms with E-state index >= 15 is 0 Å². The number of amides is 2. The fourth-order valence-corrected chi connectivity index (χ4v) is 2.31. The molecule has 0 aromatic heterocycles. The van der Waals surface area contributed by atoms with Crippen molar-refractivity contribution in [2.45, 2.75) is 25.4 Å². The van der Waals surface area contributed by atoms with Gasteiger partial charge in [-0.15, -0.1) is 0 Å². The largest absolute Gasteiger partial charge is 0.484 e. The van der Waals surface area contributed by atoms with Gasteiger partial charge in [0.1, 0.15) is 11.8 Å². The molecule has 1 unspecified atom stereocenters. The number of rotatable bonds is 5. The van der Waals surface area contributed by atoms with Crippen molar-refractivity contribution >= 4 is 11.8 Å². The Balaban J connectivity index is 1.89. The van der Waals surface area contributed by atoms with Gasteiger partial charge in [0, 0.05) is 13.1 Å². The van der Waals surface area contributed by atoms with E-state index in [2.05, 4.69) is 0 Å². The molecule has 6 heteroatoms. The number of hydrogen-bond acceptors (Lipinski definition) is 4. The topological polar surface area (TPSA) is 98.7 Å². The highest BCUT2D eigenvalue weighted by Gasteiger charge is 2.32. The van der Waals surface area contributed by atoms with E-state index in [0.717, 1.165) is 12.0 Å². The fourth-order valence-electron chi connectivity index (χ4n) is 2.31. The lowest BCUT2D eigenvalue weighted by Gasteiger charge is -2.22. The van der Waals surface area contributed by atoms with Gasteiger partial charge < -0.3 is 21.1 Å². The van der Waals surface area contributed by atoms with Gasteiger partial charge in [-0.25, -0.2) is 0 Å². The molecule has 1 aromatic carbocycles. The summed E-state index contributed by atoms with van der Waals surface area (Å²) in [5, 5.41) is 0. The maximum atomic E-state index is 12.0. The SMILES string of the molecule is NCc1ccc(OCC(=O)N2CCCC2C(N)=O)cc1.